The Hall–Kier alpha value is -0.720. The lowest BCUT2D eigenvalue weighted by Crippen LogP contribution is -2.35. The van der Waals surface area contributed by atoms with Gasteiger partial charge in [0.05, 0.1) is 19.8 Å². The van der Waals surface area contributed by atoms with Crippen molar-refractivity contribution in [1.29, 1.82) is 0 Å². The number of aromatic nitrogens is 2. The maximum absolute atomic E-state index is 5.31. The van der Waals surface area contributed by atoms with Crippen LogP contribution in [0.3, 0.4) is 0 Å². The van der Waals surface area contributed by atoms with Crippen molar-refractivity contribution in [2.24, 2.45) is 0 Å². The van der Waals surface area contributed by atoms with Crippen molar-refractivity contribution >= 4 is 16.5 Å². The molecule has 90 valence electrons. The van der Waals surface area contributed by atoms with Crippen molar-refractivity contribution in [2.45, 2.75) is 19.9 Å². The fraction of sp³-hybridized carbons (Fsp3) is 0.800. The monoisotopic (exact) mass is 242 g/mol. The molecule has 2 rings (SSSR count). The van der Waals surface area contributed by atoms with Crippen LogP contribution in [0.4, 0.5) is 5.13 Å². The molecule has 6 heteroatoms. The van der Waals surface area contributed by atoms with Crippen LogP contribution >= 0.6 is 11.3 Å². The molecule has 0 saturated carbocycles. The molecule has 2 heterocycles. The molecule has 5 nitrogen and oxygen atoms in total. The third-order valence-corrected chi connectivity index (χ3v) is 3.32. The molecule has 1 aromatic rings. The number of anilines is 1. The molecule has 0 radical (unpaired) electrons. The SMILES string of the molecule is CCCNc1nnc(CN2CCOCC2)s1. The zero-order valence-corrected chi connectivity index (χ0v) is 10.4. The maximum Gasteiger partial charge on any atom is 0.205 e. The van der Waals surface area contributed by atoms with Gasteiger partial charge < -0.3 is 10.1 Å². The summed E-state index contributed by atoms with van der Waals surface area (Å²) in [5, 5.41) is 13.6. The van der Waals surface area contributed by atoms with E-state index in [4.69, 9.17) is 4.74 Å². The average Bonchev–Trinajstić information content (AvgIpc) is 2.75. The summed E-state index contributed by atoms with van der Waals surface area (Å²) in [6.07, 6.45) is 1.11. The van der Waals surface area contributed by atoms with Crippen molar-refractivity contribution in [2.75, 3.05) is 38.2 Å². The van der Waals surface area contributed by atoms with E-state index in [0.717, 1.165) is 56.0 Å². The van der Waals surface area contributed by atoms with Crippen LogP contribution < -0.4 is 5.32 Å². The first kappa shape index (κ1) is 11.8. The van der Waals surface area contributed by atoms with Crippen LogP contribution in [0.25, 0.3) is 0 Å². The molecule has 0 aromatic carbocycles. The second kappa shape index (κ2) is 6.12. The molecule has 0 unspecified atom stereocenters. The number of morpholine rings is 1. The fourth-order valence-electron chi connectivity index (χ4n) is 1.57. The highest BCUT2D eigenvalue weighted by molar-refractivity contribution is 7.15. The molecule has 0 aliphatic carbocycles. The van der Waals surface area contributed by atoms with E-state index in [-0.39, 0.29) is 0 Å². The lowest BCUT2D eigenvalue weighted by Gasteiger charge is -2.25. The molecule has 1 aliphatic rings. The van der Waals surface area contributed by atoms with Gasteiger partial charge in [0.2, 0.25) is 5.13 Å². The number of hydrogen-bond acceptors (Lipinski definition) is 6. The van der Waals surface area contributed by atoms with Crippen molar-refractivity contribution < 1.29 is 4.74 Å². The molecule has 1 saturated heterocycles. The van der Waals surface area contributed by atoms with Crippen molar-refractivity contribution in [3.8, 4) is 0 Å². The van der Waals surface area contributed by atoms with Crippen LogP contribution in [-0.4, -0.2) is 47.9 Å². The molecule has 16 heavy (non-hydrogen) atoms. The minimum absolute atomic E-state index is 0.833. The molecule has 1 N–H and O–H groups in total. The van der Waals surface area contributed by atoms with E-state index < -0.39 is 0 Å². The quantitative estimate of drug-likeness (QED) is 0.840. The van der Waals surface area contributed by atoms with E-state index in [2.05, 4.69) is 27.3 Å². The van der Waals surface area contributed by atoms with Gasteiger partial charge in [0.25, 0.3) is 0 Å². The van der Waals surface area contributed by atoms with Gasteiger partial charge in [-0.05, 0) is 6.42 Å². The summed E-state index contributed by atoms with van der Waals surface area (Å²) >= 11 is 1.65. The molecule has 1 aromatic heterocycles. The van der Waals surface area contributed by atoms with Crippen LogP contribution in [0, 0.1) is 0 Å². The Morgan fingerprint density at radius 2 is 2.19 bits per heavy atom. The Morgan fingerprint density at radius 3 is 2.94 bits per heavy atom. The van der Waals surface area contributed by atoms with Gasteiger partial charge in [-0.3, -0.25) is 4.90 Å². The summed E-state index contributed by atoms with van der Waals surface area (Å²) in [5.74, 6) is 0. The Balaban J connectivity index is 1.81. The van der Waals surface area contributed by atoms with Gasteiger partial charge >= 0.3 is 0 Å². The molecule has 1 fully saturated rings. The molecule has 0 spiro atoms. The van der Waals surface area contributed by atoms with E-state index in [9.17, 15) is 0 Å². The zero-order chi connectivity index (χ0) is 11.2. The third-order valence-electron chi connectivity index (χ3n) is 2.46. The van der Waals surface area contributed by atoms with E-state index in [1.54, 1.807) is 11.3 Å². The smallest absolute Gasteiger partial charge is 0.205 e. The Kier molecular flexibility index (Phi) is 4.50. The fourth-order valence-corrected chi connectivity index (χ4v) is 2.38. The summed E-state index contributed by atoms with van der Waals surface area (Å²) in [6.45, 7) is 7.66. The Bertz CT molecular complexity index is 312. The average molecular weight is 242 g/mol. The minimum atomic E-state index is 0.833. The number of rotatable bonds is 5. The Labute approximate surface area is 99.8 Å². The van der Waals surface area contributed by atoms with Gasteiger partial charge in [-0.25, -0.2) is 0 Å². The summed E-state index contributed by atoms with van der Waals surface area (Å²) in [5.41, 5.74) is 0. The van der Waals surface area contributed by atoms with Gasteiger partial charge in [-0.1, -0.05) is 18.3 Å². The molecule has 0 bridgehead atoms. The van der Waals surface area contributed by atoms with Crippen LogP contribution in [0.2, 0.25) is 0 Å². The van der Waals surface area contributed by atoms with E-state index in [1.807, 2.05) is 0 Å². The van der Waals surface area contributed by atoms with Crippen molar-refractivity contribution in [3.05, 3.63) is 5.01 Å². The first-order valence-electron chi connectivity index (χ1n) is 5.75. The summed E-state index contributed by atoms with van der Waals surface area (Å²) < 4.78 is 5.31. The minimum Gasteiger partial charge on any atom is -0.379 e. The lowest BCUT2D eigenvalue weighted by molar-refractivity contribution is 0.0341. The number of hydrogen-bond donors (Lipinski definition) is 1. The topological polar surface area (TPSA) is 50.3 Å². The Morgan fingerprint density at radius 1 is 1.38 bits per heavy atom. The summed E-state index contributed by atoms with van der Waals surface area (Å²) in [6, 6.07) is 0. The molecular formula is C10H18N4OS. The largest absolute Gasteiger partial charge is 0.379 e. The zero-order valence-electron chi connectivity index (χ0n) is 9.61. The van der Waals surface area contributed by atoms with Gasteiger partial charge in [0.1, 0.15) is 5.01 Å². The predicted octanol–water partition coefficient (Wildman–Crippen LogP) is 1.19. The maximum atomic E-state index is 5.31. The summed E-state index contributed by atoms with van der Waals surface area (Å²) in [7, 11) is 0. The molecule has 0 atom stereocenters. The van der Waals surface area contributed by atoms with Crippen LogP contribution in [0.1, 0.15) is 18.4 Å². The van der Waals surface area contributed by atoms with E-state index in [0.29, 0.717) is 0 Å². The van der Waals surface area contributed by atoms with Gasteiger partial charge in [-0.15, -0.1) is 10.2 Å². The summed E-state index contributed by atoms with van der Waals surface area (Å²) in [4.78, 5) is 2.35. The molecule has 0 amide bonds. The predicted molar refractivity (Wildman–Crippen MR) is 64.8 cm³/mol. The number of nitrogens with one attached hydrogen (secondary N) is 1. The molecular weight excluding hydrogens is 224 g/mol. The van der Waals surface area contributed by atoms with Crippen molar-refractivity contribution in [1.82, 2.24) is 15.1 Å². The van der Waals surface area contributed by atoms with Crippen LogP contribution in [-0.2, 0) is 11.3 Å². The second-order valence-electron chi connectivity index (χ2n) is 3.82. The van der Waals surface area contributed by atoms with Crippen molar-refractivity contribution in [3.63, 3.8) is 0 Å². The lowest BCUT2D eigenvalue weighted by atomic mass is 10.4. The van der Waals surface area contributed by atoms with Crippen LogP contribution in [0.5, 0.6) is 0 Å². The first-order valence-corrected chi connectivity index (χ1v) is 6.56. The van der Waals surface area contributed by atoms with Crippen LogP contribution in [0.15, 0.2) is 0 Å². The van der Waals surface area contributed by atoms with Gasteiger partial charge in [0.15, 0.2) is 0 Å². The van der Waals surface area contributed by atoms with Gasteiger partial charge in [0, 0.05) is 19.6 Å². The second-order valence-corrected chi connectivity index (χ2v) is 4.88. The first-order chi connectivity index (χ1) is 7.88. The highest BCUT2D eigenvalue weighted by atomic mass is 32.1. The normalized spacial score (nSPS) is 17.6. The number of ether oxygens (including phenoxy) is 1. The highest BCUT2D eigenvalue weighted by Gasteiger charge is 2.13. The van der Waals surface area contributed by atoms with Gasteiger partial charge in [-0.2, -0.15) is 0 Å². The van der Waals surface area contributed by atoms with E-state index in [1.165, 1.54) is 0 Å². The van der Waals surface area contributed by atoms with E-state index >= 15 is 0 Å². The standard InChI is InChI=1S/C10H18N4OS/c1-2-3-11-10-13-12-9(16-10)8-14-4-6-15-7-5-14/h2-8H2,1H3,(H,11,13). The molecule has 1 aliphatic heterocycles. The number of nitrogens with zero attached hydrogens (tertiary/aromatic N) is 3. The third kappa shape index (κ3) is 3.40. The highest BCUT2D eigenvalue weighted by Crippen LogP contribution is 2.17.